The van der Waals surface area contributed by atoms with Crippen molar-refractivity contribution in [2.24, 2.45) is 0 Å². The number of hydrogen-bond donors (Lipinski definition) is 1. The lowest BCUT2D eigenvalue weighted by Gasteiger charge is -2.28. The van der Waals surface area contributed by atoms with E-state index in [0.29, 0.717) is 11.5 Å². The van der Waals surface area contributed by atoms with E-state index in [0.717, 1.165) is 11.1 Å². The van der Waals surface area contributed by atoms with Crippen molar-refractivity contribution in [2.45, 2.75) is 25.2 Å². The topological polar surface area (TPSA) is 50.2 Å². The number of pyridine rings is 1. The Hall–Kier alpha value is -2.16. The van der Waals surface area contributed by atoms with Crippen molar-refractivity contribution in [1.29, 1.82) is 0 Å². The van der Waals surface area contributed by atoms with Crippen LogP contribution in [-0.2, 0) is 0 Å². The second-order valence-corrected chi connectivity index (χ2v) is 4.94. The van der Waals surface area contributed by atoms with Crippen LogP contribution in [0.1, 0.15) is 41.1 Å². The minimum atomic E-state index is -0.902. The van der Waals surface area contributed by atoms with Gasteiger partial charge in [0.2, 0.25) is 0 Å². The molecule has 0 radical (unpaired) electrons. The number of carboxylic acid groups (broad SMARTS) is 1. The monoisotopic (exact) mass is 253 g/mol. The van der Waals surface area contributed by atoms with E-state index in [1.54, 1.807) is 12.3 Å². The quantitative estimate of drug-likeness (QED) is 0.907. The minimum Gasteiger partial charge on any atom is -0.478 e. The highest BCUT2D eigenvalue weighted by molar-refractivity contribution is 5.96. The van der Waals surface area contributed by atoms with Crippen LogP contribution in [0.4, 0.5) is 0 Å². The smallest absolute Gasteiger partial charge is 0.336 e. The largest absolute Gasteiger partial charge is 0.478 e. The predicted molar refractivity (Wildman–Crippen MR) is 73.2 cm³/mol. The first-order chi connectivity index (χ1) is 9.27. The molecule has 1 saturated carbocycles. The number of carbonyl (C=O) groups is 1. The lowest BCUT2D eigenvalue weighted by atomic mass is 9.77. The van der Waals surface area contributed by atoms with Crippen LogP contribution in [0.5, 0.6) is 0 Å². The molecule has 3 rings (SSSR count). The molecular formula is C16H15NO2. The molecule has 1 fully saturated rings. The summed E-state index contributed by atoms with van der Waals surface area (Å²) in [6, 6.07) is 9.65. The molecule has 19 heavy (non-hydrogen) atoms. The predicted octanol–water partition coefficient (Wildman–Crippen LogP) is 3.71. The number of benzene rings is 1. The Morgan fingerprint density at radius 2 is 1.95 bits per heavy atom. The Labute approximate surface area is 111 Å². The lowest BCUT2D eigenvalue weighted by molar-refractivity contribution is 0.0697. The van der Waals surface area contributed by atoms with Crippen LogP contribution in [0.15, 0.2) is 42.7 Å². The fourth-order valence-electron chi connectivity index (χ4n) is 2.61. The first-order valence-electron chi connectivity index (χ1n) is 6.54. The third kappa shape index (κ3) is 2.12. The van der Waals surface area contributed by atoms with E-state index < -0.39 is 5.97 Å². The van der Waals surface area contributed by atoms with Gasteiger partial charge in [-0.3, -0.25) is 4.98 Å². The molecule has 0 saturated heterocycles. The van der Waals surface area contributed by atoms with Crippen molar-refractivity contribution in [3.63, 3.8) is 0 Å². The highest BCUT2D eigenvalue weighted by Crippen LogP contribution is 2.41. The van der Waals surface area contributed by atoms with Gasteiger partial charge in [0, 0.05) is 18.0 Å². The van der Waals surface area contributed by atoms with Crippen LogP contribution in [-0.4, -0.2) is 16.1 Å². The number of aromatic nitrogens is 1. The van der Waals surface area contributed by atoms with Gasteiger partial charge < -0.3 is 5.11 Å². The third-order valence-corrected chi connectivity index (χ3v) is 3.85. The van der Waals surface area contributed by atoms with Crippen molar-refractivity contribution < 1.29 is 9.90 Å². The van der Waals surface area contributed by atoms with Gasteiger partial charge in [-0.1, -0.05) is 30.7 Å². The van der Waals surface area contributed by atoms with Crippen molar-refractivity contribution in [1.82, 2.24) is 4.98 Å². The van der Waals surface area contributed by atoms with E-state index in [9.17, 15) is 9.90 Å². The van der Waals surface area contributed by atoms with Crippen molar-refractivity contribution >= 4 is 5.97 Å². The van der Waals surface area contributed by atoms with E-state index in [4.69, 9.17) is 0 Å². The van der Waals surface area contributed by atoms with Crippen LogP contribution in [0.2, 0.25) is 0 Å². The van der Waals surface area contributed by atoms with Gasteiger partial charge in [0.1, 0.15) is 0 Å². The normalized spacial score (nSPS) is 14.9. The lowest BCUT2D eigenvalue weighted by Crippen LogP contribution is -2.10. The maximum atomic E-state index is 11.3. The zero-order chi connectivity index (χ0) is 13.2. The molecule has 1 aliphatic rings. The number of nitrogens with zero attached hydrogens (tertiary/aromatic N) is 1. The van der Waals surface area contributed by atoms with E-state index in [-0.39, 0.29) is 0 Å². The van der Waals surface area contributed by atoms with E-state index >= 15 is 0 Å². The summed E-state index contributed by atoms with van der Waals surface area (Å²) >= 11 is 0. The van der Waals surface area contributed by atoms with Gasteiger partial charge in [-0.15, -0.1) is 0 Å². The second-order valence-electron chi connectivity index (χ2n) is 4.94. The summed E-state index contributed by atoms with van der Waals surface area (Å²) in [5.41, 5.74) is 3.31. The van der Waals surface area contributed by atoms with Crippen molar-refractivity contribution in [3.05, 3.63) is 53.9 Å². The van der Waals surface area contributed by atoms with Gasteiger partial charge in [0.05, 0.1) is 5.56 Å². The number of carboxylic acids is 1. The maximum Gasteiger partial charge on any atom is 0.336 e. The first kappa shape index (κ1) is 11.9. The molecule has 0 atom stereocenters. The maximum absolute atomic E-state index is 11.3. The van der Waals surface area contributed by atoms with Gasteiger partial charge in [0.15, 0.2) is 0 Å². The average molecular weight is 253 g/mol. The molecule has 1 N–H and O–H groups in total. The van der Waals surface area contributed by atoms with E-state index in [2.05, 4.69) is 11.1 Å². The SMILES string of the molecule is O=C(O)c1ccncc1-c1ccccc1C1CCC1. The Morgan fingerprint density at radius 3 is 2.63 bits per heavy atom. The third-order valence-electron chi connectivity index (χ3n) is 3.85. The van der Waals surface area contributed by atoms with Crippen molar-refractivity contribution in [3.8, 4) is 11.1 Å². The minimum absolute atomic E-state index is 0.321. The molecule has 1 heterocycles. The molecule has 1 aromatic heterocycles. The number of aromatic carboxylic acids is 1. The molecule has 0 unspecified atom stereocenters. The number of rotatable bonds is 3. The molecule has 0 bridgehead atoms. The Balaban J connectivity index is 2.14. The van der Waals surface area contributed by atoms with Crippen molar-refractivity contribution in [2.75, 3.05) is 0 Å². The van der Waals surface area contributed by atoms with Crippen LogP contribution in [0.25, 0.3) is 11.1 Å². The highest BCUT2D eigenvalue weighted by Gasteiger charge is 2.23. The molecule has 0 amide bonds. The Bertz CT molecular complexity index is 618. The van der Waals surface area contributed by atoms with Crippen LogP contribution >= 0.6 is 0 Å². The zero-order valence-corrected chi connectivity index (χ0v) is 10.5. The molecule has 0 aliphatic heterocycles. The molecule has 0 spiro atoms. The summed E-state index contributed by atoms with van der Waals surface area (Å²) in [7, 11) is 0. The second kappa shape index (κ2) is 4.84. The summed E-state index contributed by atoms with van der Waals surface area (Å²) in [6.45, 7) is 0. The molecule has 1 aromatic carbocycles. The van der Waals surface area contributed by atoms with Crippen LogP contribution in [0, 0.1) is 0 Å². The summed E-state index contributed by atoms with van der Waals surface area (Å²) in [5, 5.41) is 9.30. The molecule has 3 heteroatoms. The molecule has 2 aromatic rings. The Morgan fingerprint density at radius 1 is 1.16 bits per heavy atom. The zero-order valence-electron chi connectivity index (χ0n) is 10.5. The fraction of sp³-hybridized carbons (Fsp3) is 0.250. The molecule has 96 valence electrons. The first-order valence-corrected chi connectivity index (χ1v) is 6.54. The highest BCUT2D eigenvalue weighted by atomic mass is 16.4. The molecule has 1 aliphatic carbocycles. The standard InChI is InChI=1S/C16H15NO2/c18-16(19)14-8-9-17-10-15(14)13-7-2-1-6-12(13)11-4-3-5-11/h1-2,6-11H,3-5H2,(H,18,19). The van der Waals surface area contributed by atoms with E-state index in [1.807, 2.05) is 18.2 Å². The van der Waals surface area contributed by atoms with Gasteiger partial charge in [0.25, 0.3) is 0 Å². The van der Waals surface area contributed by atoms with Gasteiger partial charge >= 0.3 is 5.97 Å². The summed E-state index contributed by atoms with van der Waals surface area (Å²) in [6.07, 6.45) is 6.83. The summed E-state index contributed by atoms with van der Waals surface area (Å²) in [5.74, 6) is -0.334. The fourth-order valence-corrected chi connectivity index (χ4v) is 2.61. The average Bonchev–Trinajstić information content (AvgIpc) is 2.37. The number of hydrogen-bond acceptors (Lipinski definition) is 2. The van der Waals surface area contributed by atoms with Gasteiger partial charge in [-0.2, -0.15) is 0 Å². The summed E-state index contributed by atoms with van der Waals surface area (Å²) < 4.78 is 0. The Kier molecular flexibility index (Phi) is 3.03. The van der Waals surface area contributed by atoms with E-state index in [1.165, 1.54) is 31.0 Å². The van der Waals surface area contributed by atoms with Crippen LogP contribution < -0.4 is 0 Å². The molecule has 3 nitrogen and oxygen atoms in total. The molecular weight excluding hydrogens is 238 g/mol. The van der Waals surface area contributed by atoms with Gasteiger partial charge in [-0.25, -0.2) is 4.79 Å². The summed E-state index contributed by atoms with van der Waals surface area (Å²) in [4.78, 5) is 15.4. The van der Waals surface area contributed by atoms with Crippen LogP contribution in [0.3, 0.4) is 0 Å². The van der Waals surface area contributed by atoms with Gasteiger partial charge in [-0.05, 0) is 36.0 Å².